The van der Waals surface area contributed by atoms with Crippen LogP contribution in [0.5, 0.6) is 0 Å². The van der Waals surface area contributed by atoms with Crippen LogP contribution in [0.25, 0.3) is 6.08 Å². The van der Waals surface area contributed by atoms with Crippen LogP contribution in [0.3, 0.4) is 0 Å². The lowest BCUT2D eigenvalue weighted by Crippen LogP contribution is -2.38. The molecule has 1 aliphatic rings. The molecule has 0 unspecified atom stereocenters. The van der Waals surface area contributed by atoms with Gasteiger partial charge in [-0.1, -0.05) is 93.2 Å². The van der Waals surface area contributed by atoms with E-state index in [4.69, 9.17) is 23.2 Å². The zero-order valence-corrected chi connectivity index (χ0v) is 20.2. The van der Waals surface area contributed by atoms with Gasteiger partial charge in [0, 0.05) is 15.7 Å². The summed E-state index contributed by atoms with van der Waals surface area (Å²) >= 11 is 12.5. The first kappa shape index (κ1) is 22.8. The molecule has 0 saturated heterocycles. The number of rotatable bonds is 6. The number of para-hydroxylation sites is 1. The Morgan fingerprint density at radius 2 is 1.78 bits per heavy atom. The van der Waals surface area contributed by atoms with E-state index in [1.807, 2.05) is 41.1 Å². The largest absolute Gasteiger partial charge is 0.373 e. The molecule has 1 N–H and O–H groups in total. The predicted molar refractivity (Wildman–Crippen MR) is 132 cm³/mol. The molecule has 4 rings (SSSR count). The molecule has 2 aromatic carbocycles. The molecule has 0 aliphatic heterocycles. The zero-order chi connectivity index (χ0) is 22.8. The summed E-state index contributed by atoms with van der Waals surface area (Å²) in [6, 6.07) is 15.8. The van der Waals surface area contributed by atoms with Gasteiger partial charge in [-0.3, -0.25) is 0 Å². The second kappa shape index (κ2) is 9.24. The highest BCUT2D eigenvalue weighted by atomic mass is 35.5. The van der Waals surface area contributed by atoms with E-state index < -0.39 is 0 Å². The molecule has 1 aromatic heterocycles. The minimum atomic E-state index is -0.292. The number of hydrogen-bond acceptors (Lipinski definition) is 4. The van der Waals surface area contributed by atoms with Gasteiger partial charge in [0.15, 0.2) is 5.82 Å². The molecule has 32 heavy (non-hydrogen) atoms. The fraction of sp³-hybridized carbons (Fsp3) is 0.400. The van der Waals surface area contributed by atoms with E-state index in [0.29, 0.717) is 10.0 Å². The molecule has 1 aliphatic carbocycles. The van der Waals surface area contributed by atoms with Gasteiger partial charge in [-0.05, 0) is 58.5 Å². The van der Waals surface area contributed by atoms with Gasteiger partial charge in [-0.25, -0.2) is 4.68 Å². The Bertz CT molecular complexity index is 1080. The van der Waals surface area contributed by atoms with Crippen LogP contribution in [-0.4, -0.2) is 20.2 Å². The molecule has 5 nitrogen and oxygen atoms in total. The lowest BCUT2D eigenvalue weighted by molar-refractivity contribution is 0.254. The highest BCUT2D eigenvalue weighted by Gasteiger charge is 2.42. The van der Waals surface area contributed by atoms with Gasteiger partial charge in [0.1, 0.15) is 0 Å². The van der Waals surface area contributed by atoms with Crippen molar-refractivity contribution in [2.75, 3.05) is 5.32 Å². The summed E-state index contributed by atoms with van der Waals surface area (Å²) in [4.78, 5) is 0. The lowest BCUT2D eigenvalue weighted by atomic mass is 9.85. The highest BCUT2D eigenvalue weighted by Crippen LogP contribution is 2.43. The molecule has 168 valence electrons. The lowest BCUT2D eigenvalue weighted by Gasteiger charge is -2.34. The first-order chi connectivity index (χ1) is 15.3. The molecular formula is C25H29Cl2N5. The average molecular weight is 470 g/mol. The zero-order valence-electron chi connectivity index (χ0n) is 18.7. The Morgan fingerprint density at radius 1 is 1.06 bits per heavy atom. The van der Waals surface area contributed by atoms with Crippen LogP contribution in [0, 0.1) is 5.41 Å². The quantitative estimate of drug-likeness (QED) is 0.415. The number of anilines is 1. The normalized spacial score (nSPS) is 17.0. The van der Waals surface area contributed by atoms with Gasteiger partial charge >= 0.3 is 0 Å². The highest BCUT2D eigenvalue weighted by molar-refractivity contribution is 6.35. The van der Waals surface area contributed by atoms with Gasteiger partial charge in [-0.15, -0.1) is 5.10 Å². The summed E-state index contributed by atoms with van der Waals surface area (Å²) in [6.45, 7) is 6.59. The van der Waals surface area contributed by atoms with Crippen LogP contribution in [-0.2, 0) is 5.54 Å². The second-order valence-corrected chi connectivity index (χ2v) is 10.4. The molecule has 0 spiro atoms. The van der Waals surface area contributed by atoms with E-state index in [1.54, 1.807) is 6.07 Å². The van der Waals surface area contributed by atoms with Gasteiger partial charge in [-0.2, -0.15) is 0 Å². The molecule has 7 heteroatoms. The maximum absolute atomic E-state index is 6.41. The topological polar surface area (TPSA) is 55.6 Å². The van der Waals surface area contributed by atoms with Crippen molar-refractivity contribution in [2.45, 2.75) is 58.0 Å². The summed E-state index contributed by atoms with van der Waals surface area (Å²) in [6.07, 6.45) is 8.44. The van der Waals surface area contributed by atoms with Crippen LogP contribution < -0.4 is 5.32 Å². The minimum Gasteiger partial charge on any atom is -0.373 e. The van der Waals surface area contributed by atoms with E-state index in [-0.39, 0.29) is 17.0 Å². The summed E-state index contributed by atoms with van der Waals surface area (Å²) in [5.74, 6) is 0.880. The molecule has 0 bridgehead atoms. The molecular weight excluding hydrogens is 441 g/mol. The van der Waals surface area contributed by atoms with E-state index in [0.717, 1.165) is 42.8 Å². The number of aromatic nitrogens is 4. The third-order valence-corrected chi connectivity index (χ3v) is 6.67. The maximum atomic E-state index is 6.41. The Morgan fingerprint density at radius 3 is 2.44 bits per heavy atom. The van der Waals surface area contributed by atoms with E-state index in [1.165, 1.54) is 0 Å². The van der Waals surface area contributed by atoms with Crippen molar-refractivity contribution >= 4 is 35.0 Å². The van der Waals surface area contributed by atoms with Crippen LogP contribution >= 0.6 is 23.2 Å². The maximum Gasteiger partial charge on any atom is 0.177 e. The summed E-state index contributed by atoms with van der Waals surface area (Å²) in [5, 5.41) is 18.2. The van der Waals surface area contributed by atoms with Crippen molar-refractivity contribution < 1.29 is 0 Å². The van der Waals surface area contributed by atoms with Crippen molar-refractivity contribution in [2.24, 2.45) is 5.41 Å². The van der Waals surface area contributed by atoms with Crippen molar-refractivity contribution in [1.29, 1.82) is 0 Å². The van der Waals surface area contributed by atoms with E-state index in [9.17, 15) is 0 Å². The monoisotopic (exact) mass is 469 g/mol. The Balaban J connectivity index is 1.73. The average Bonchev–Trinajstić information content (AvgIpc) is 3.40. The number of nitrogens with zero attached hydrogens (tertiary/aromatic N) is 4. The number of halogens is 2. The van der Waals surface area contributed by atoms with Crippen LogP contribution in [0.15, 0.2) is 54.6 Å². The number of tetrazole rings is 1. The molecule has 1 heterocycles. The number of allylic oxidation sites excluding steroid dienone is 1. The van der Waals surface area contributed by atoms with Gasteiger partial charge < -0.3 is 5.32 Å². The number of nitrogens with one attached hydrogen (secondary N) is 1. The first-order valence-corrected chi connectivity index (χ1v) is 11.8. The second-order valence-electron chi connectivity index (χ2n) is 9.56. The van der Waals surface area contributed by atoms with Crippen LogP contribution in [0.1, 0.15) is 63.9 Å². The summed E-state index contributed by atoms with van der Waals surface area (Å²) in [5.41, 5.74) is 1.59. The fourth-order valence-corrected chi connectivity index (χ4v) is 4.92. The summed E-state index contributed by atoms with van der Waals surface area (Å²) < 4.78 is 1.99. The van der Waals surface area contributed by atoms with Gasteiger partial charge in [0.05, 0.1) is 11.6 Å². The van der Waals surface area contributed by atoms with Crippen molar-refractivity contribution in [3.05, 3.63) is 76.0 Å². The first-order valence-electron chi connectivity index (χ1n) is 11.0. The number of hydrogen-bond donors (Lipinski definition) is 1. The summed E-state index contributed by atoms with van der Waals surface area (Å²) in [7, 11) is 0. The smallest absolute Gasteiger partial charge is 0.177 e. The molecule has 1 saturated carbocycles. The van der Waals surface area contributed by atoms with Crippen LogP contribution in [0.2, 0.25) is 10.0 Å². The fourth-order valence-electron chi connectivity index (χ4n) is 4.45. The van der Waals surface area contributed by atoms with Crippen molar-refractivity contribution in [3.63, 3.8) is 0 Å². The molecule has 1 atom stereocenters. The SMILES string of the molecule is CC(C)(C)[C@@H](C=Cc1ccc(Cl)cc1Cl)n1nnnc1C1(Nc2ccccc2)CCCC1. The Hall–Kier alpha value is -2.37. The molecule has 0 amide bonds. The minimum absolute atomic E-state index is 0.0608. The number of benzene rings is 2. The standard InChI is InChI=1S/C25H29Cl2N5/c1-24(2,3)22(14-12-18-11-13-19(26)17-21(18)27)32-23(29-30-31-32)25(15-7-8-16-25)28-20-9-5-4-6-10-20/h4-6,9-14,17,22,28H,7-8,15-16H2,1-3H3/t22-/m1/s1. The van der Waals surface area contributed by atoms with E-state index in [2.05, 4.69) is 59.8 Å². The van der Waals surface area contributed by atoms with Crippen molar-refractivity contribution in [1.82, 2.24) is 20.2 Å². The molecule has 0 radical (unpaired) electrons. The van der Waals surface area contributed by atoms with Gasteiger partial charge in [0.2, 0.25) is 0 Å². The Kier molecular flexibility index (Phi) is 6.59. The predicted octanol–water partition coefficient (Wildman–Crippen LogP) is 7.16. The molecule has 3 aromatic rings. The van der Waals surface area contributed by atoms with E-state index >= 15 is 0 Å². The van der Waals surface area contributed by atoms with Crippen molar-refractivity contribution in [3.8, 4) is 0 Å². The third kappa shape index (κ3) is 4.84. The third-order valence-electron chi connectivity index (χ3n) is 6.11. The van der Waals surface area contributed by atoms with Crippen LogP contribution in [0.4, 0.5) is 5.69 Å². The van der Waals surface area contributed by atoms with Gasteiger partial charge in [0.25, 0.3) is 0 Å². The Labute approximate surface area is 199 Å². The molecule has 1 fully saturated rings.